The van der Waals surface area contributed by atoms with Gasteiger partial charge in [-0.1, -0.05) is 30.3 Å². The van der Waals surface area contributed by atoms with Gasteiger partial charge in [0.05, 0.1) is 17.5 Å². The fraction of sp³-hybridized carbons (Fsp3) is 0.211. The van der Waals surface area contributed by atoms with Crippen LogP contribution in [0.1, 0.15) is 16.8 Å². The van der Waals surface area contributed by atoms with Crippen LogP contribution < -0.4 is 5.56 Å². The van der Waals surface area contributed by atoms with Crippen molar-refractivity contribution < 1.29 is 4.39 Å². The van der Waals surface area contributed by atoms with Crippen LogP contribution in [0.5, 0.6) is 0 Å². The Balaban J connectivity index is 1.60. The van der Waals surface area contributed by atoms with Gasteiger partial charge >= 0.3 is 0 Å². The van der Waals surface area contributed by atoms with E-state index in [2.05, 4.69) is 19.9 Å². The fourth-order valence-corrected chi connectivity index (χ4v) is 3.12. The summed E-state index contributed by atoms with van der Waals surface area (Å²) in [5.74, 6) is 0.276. The van der Waals surface area contributed by atoms with Crippen molar-refractivity contribution in [2.75, 3.05) is 6.54 Å². The number of aromatic amines is 1. The van der Waals surface area contributed by atoms with E-state index in [9.17, 15) is 9.18 Å². The van der Waals surface area contributed by atoms with E-state index in [1.165, 1.54) is 6.20 Å². The first-order chi connectivity index (χ1) is 12.2. The SMILES string of the molecule is O=c1[nH]c(-c2ccccc2)nc2c1CN(Cc1ccncc1F)CC2. The monoisotopic (exact) mass is 336 g/mol. The van der Waals surface area contributed by atoms with Crippen molar-refractivity contribution in [3.63, 3.8) is 0 Å². The van der Waals surface area contributed by atoms with Gasteiger partial charge in [-0.3, -0.25) is 14.7 Å². The molecule has 4 rings (SSSR count). The van der Waals surface area contributed by atoms with E-state index in [-0.39, 0.29) is 11.4 Å². The molecule has 0 saturated heterocycles. The average molecular weight is 336 g/mol. The zero-order valence-corrected chi connectivity index (χ0v) is 13.6. The van der Waals surface area contributed by atoms with Crippen molar-refractivity contribution in [2.24, 2.45) is 0 Å². The zero-order valence-electron chi connectivity index (χ0n) is 13.6. The Morgan fingerprint density at radius 3 is 2.84 bits per heavy atom. The Morgan fingerprint density at radius 2 is 2.04 bits per heavy atom. The molecule has 25 heavy (non-hydrogen) atoms. The lowest BCUT2D eigenvalue weighted by molar-refractivity contribution is 0.238. The first kappa shape index (κ1) is 15.7. The van der Waals surface area contributed by atoms with Crippen molar-refractivity contribution in [1.82, 2.24) is 19.9 Å². The molecule has 6 heteroatoms. The number of hydrogen-bond acceptors (Lipinski definition) is 4. The minimum absolute atomic E-state index is 0.122. The summed E-state index contributed by atoms with van der Waals surface area (Å²) in [5.41, 5.74) is 2.85. The fourth-order valence-electron chi connectivity index (χ4n) is 3.12. The van der Waals surface area contributed by atoms with Crippen molar-refractivity contribution in [2.45, 2.75) is 19.5 Å². The second-order valence-corrected chi connectivity index (χ2v) is 6.13. The van der Waals surface area contributed by atoms with Gasteiger partial charge in [0.1, 0.15) is 11.6 Å². The van der Waals surface area contributed by atoms with Gasteiger partial charge in [0.25, 0.3) is 5.56 Å². The van der Waals surface area contributed by atoms with Crippen LogP contribution in [0.25, 0.3) is 11.4 Å². The number of rotatable bonds is 3. The van der Waals surface area contributed by atoms with E-state index in [4.69, 9.17) is 0 Å². The number of pyridine rings is 1. The smallest absolute Gasteiger partial charge is 0.255 e. The van der Waals surface area contributed by atoms with Crippen molar-refractivity contribution >= 4 is 0 Å². The minimum atomic E-state index is -0.320. The third-order valence-corrected chi connectivity index (χ3v) is 4.45. The van der Waals surface area contributed by atoms with E-state index in [0.717, 1.165) is 17.8 Å². The molecule has 126 valence electrons. The molecule has 1 N–H and O–H groups in total. The highest BCUT2D eigenvalue weighted by Gasteiger charge is 2.22. The highest BCUT2D eigenvalue weighted by molar-refractivity contribution is 5.54. The second-order valence-electron chi connectivity index (χ2n) is 6.13. The molecule has 0 atom stereocenters. The molecule has 0 saturated carbocycles. The van der Waals surface area contributed by atoms with E-state index >= 15 is 0 Å². The van der Waals surface area contributed by atoms with Crippen LogP contribution in [0.2, 0.25) is 0 Å². The molecule has 0 spiro atoms. The molecule has 2 aromatic heterocycles. The number of hydrogen-bond donors (Lipinski definition) is 1. The van der Waals surface area contributed by atoms with Crippen LogP contribution in [0.4, 0.5) is 4.39 Å². The topological polar surface area (TPSA) is 61.9 Å². The quantitative estimate of drug-likeness (QED) is 0.798. The number of H-pyrrole nitrogens is 1. The average Bonchev–Trinajstić information content (AvgIpc) is 2.65. The number of halogens is 1. The summed E-state index contributed by atoms with van der Waals surface area (Å²) in [6.07, 6.45) is 3.47. The molecular weight excluding hydrogens is 319 g/mol. The van der Waals surface area contributed by atoms with Gasteiger partial charge in [-0.25, -0.2) is 9.37 Å². The summed E-state index contributed by atoms with van der Waals surface area (Å²) in [5, 5.41) is 0. The third kappa shape index (κ3) is 3.21. The maximum absolute atomic E-state index is 13.8. The molecular formula is C19H17FN4O. The van der Waals surface area contributed by atoms with Crippen molar-refractivity contribution in [3.05, 3.63) is 81.8 Å². The molecule has 3 heterocycles. The number of aromatic nitrogens is 3. The van der Waals surface area contributed by atoms with Crippen LogP contribution >= 0.6 is 0 Å². The van der Waals surface area contributed by atoms with Crippen LogP contribution in [0.3, 0.4) is 0 Å². The van der Waals surface area contributed by atoms with E-state index in [1.54, 1.807) is 12.3 Å². The van der Waals surface area contributed by atoms with E-state index in [1.807, 2.05) is 30.3 Å². The Hall–Kier alpha value is -2.86. The lowest BCUT2D eigenvalue weighted by atomic mass is 10.1. The predicted octanol–water partition coefficient (Wildman–Crippen LogP) is 2.53. The second kappa shape index (κ2) is 6.57. The minimum Gasteiger partial charge on any atom is -0.306 e. The van der Waals surface area contributed by atoms with E-state index in [0.29, 0.717) is 36.5 Å². The molecule has 0 aliphatic carbocycles. The van der Waals surface area contributed by atoms with Crippen LogP contribution in [-0.2, 0) is 19.5 Å². The molecule has 5 nitrogen and oxygen atoms in total. The highest BCUT2D eigenvalue weighted by Crippen LogP contribution is 2.20. The molecule has 0 unspecified atom stereocenters. The van der Waals surface area contributed by atoms with Crippen LogP contribution in [0, 0.1) is 5.82 Å². The Bertz CT molecular complexity index is 955. The lowest BCUT2D eigenvalue weighted by Crippen LogP contribution is -2.35. The maximum Gasteiger partial charge on any atom is 0.255 e. The maximum atomic E-state index is 13.8. The summed E-state index contributed by atoms with van der Waals surface area (Å²) >= 11 is 0. The number of benzene rings is 1. The summed E-state index contributed by atoms with van der Waals surface area (Å²) in [6, 6.07) is 11.3. The molecule has 0 bridgehead atoms. The molecule has 1 aliphatic heterocycles. The van der Waals surface area contributed by atoms with Gasteiger partial charge in [0, 0.05) is 43.4 Å². The predicted molar refractivity (Wildman–Crippen MR) is 92.3 cm³/mol. The van der Waals surface area contributed by atoms with E-state index < -0.39 is 0 Å². The number of fused-ring (bicyclic) bond motifs is 1. The molecule has 0 fully saturated rings. The van der Waals surface area contributed by atoms with Gasteiger partial charge in [-0.2, -0.15) is 0 Å². The molecule has 1 aliphatic rings. The largest absolute Gasteiger partial charge is 0.306 e. The molecule has 0 amide bonds. The van der Waals surface area contributed by atoms with Crippen LogP contribution in [-0.4, -0.2) is 26.4 Å². The highest BCUT2D eigenvalue weighted by atomic mass is 19.1. The lowest BCUT2D eigenvalue weighted by Gasteiger charge is -2.27. The van der Waals surface area contributed by atoms with Crippen LogP contribution in [0.15, 0.2) is 53.6 Å². The molecule has 0 radical (unpaired) electrons. The number of nitrogens with one attached hydrogen (secondary N) is 1. The summed E-state index contributed by atoms with van der Waals surface area (Å²) in [6.45, 7) is 1.65. The van der Waals surface area contributed by atoms with Gasteiger partial charge in [-0.15, -0.1) is 0 Å². The Labute approximate surface area is 144 Å². The summed E-state index contributed by atoms with van der Waals surface area (Å²) in [4.78, 5) is 25.8. The normalized spacial score (nSPS) is 14.3. The first-order valence-electron chi connectivity index (χ1n) is 8.19. The third-order valence-electron chi connectivity index (χ3n) is 4.45. The first-order valence-corrected chi connectivity index (χ1v) is 8.19. The Kier molecular flexibility index (Phi) is 4.11. The van der Waals surface area contributed by atoms with Crippen molar-refractivity contribution in [3.8, 4) is 11.4 Å². The summed E-state index contributed by atoms with van der Waals surface area (Å²) < 4.78 is 13.8. The summed E-state index contributed by atoms with van der Waals surface area (Å²) in [7, 11) is 0. The zero-order chi connectivity index (χ0) is 17.2. The van der Waals surface area contributed by atoms with Gasteiger partial charge in [0.2, 0.25) is 0 Å². The van der Waals surface area contributed by atoms with Gasteiger partial charge in [0.15, 0.2) is 0 Å². The molecule has 3 aromatic rings. The van der Waals surface area contributed by atoms with Crippen molar-refractivity contribution in [1.29, 1.82) is 0 Å². The molecule has 1 aromatic carbocycles. The van der Waals surface area contributed by atoms with Gasteiger partial charge in [-0.05, 0) is 6.07 Å². The standard InChI is InChI=1S/C19H17FN4O/c20-16-10-21-8-6-14(16)11-24-9-7-17-15(12-24)19(25)23-18(22-17)13-4-2-1-3-5-13/h1-6,8,10H,7,9,11-12H2,(H,22,23,25). The number of nitrogens with zero attached hydrogens (tertiary/aromatic N) is 3. The Morgan fingerprint density at radius 1 is 1.20 bits per heavy atom. The van der Waals surface area contributed by atoms with Gasteiger partial charge < -0.3 is 4.98 Å².